The first-order valence-corrected chi connectivity index (χ1v) is 12.5. The number of carboxylic acid groups (broad SMARTS) is 1. The van der Waals surface area contributed by atoms with Crippen LogP contribution in [-0.2, 0) is 16.0 Å². The summed E-state index contributed by atoms with van der Waals surface area (Å²) in [7, 11) is 0. The molecule has 0 atom stereocenters. The monoisotopic (exact) mass is 524 g/mol. The normalized spacial score (nSPS) is 17.3. The van der Waals surface area contributed by atoms with E-state index in [1.54, 1.807) is 36.4 Å². The summed E-state index contributed by atoms with van der Waals surface area (Å²) in [6, 6.07) is 19.5. The van der Waals surface area contributed by atoms with E-state index in [0.717, 1.165) is 25.7 Å². The van der Waals surface area contributed by atoms with Crippen LogP contribution in [0.3, 0.4) is 0 Å². The van der Waals surface area contributed by atoms with Crippen molar-refractivity contribution in [1.82, 2.24) is 0 Å². The van der Waals surface area contributed by atoms with Gasteiger partial charge in [-0.25, -0.2) is 0 Å². The molecule has 0 unspecified atom stereocenters. The number of halogens is 2. The summed E-state index contributed by atoms with van der Waals surface area (Å²) < 4.78 is 0. The lowest BCUT2D eigenvalue weighted by Crippen LogP contribution is -2.27. The van der Waals surface area contributed by atoms with Gasteiger partial charge < -0.3 is 15.7 Å². The molecule has 6 nitrogen and oxygen atoms in total. The summed E-state index contributed by atoms with van der Waals surface area (Å²) in [6.45, 7) is 0. The highest BCUT2D eigenvalue weighted by atomic mass is 35.5. The van der Waals surface area contributed by atoms with Crippen LogP contribution in [0.4, 0.5) is 11.4 Å². The number of hydrogen-bond donors (Lipinski definition) is 3. The maximum Gasteiger partial charge on any atom is 0.307 e. The molecule has 8 heteroatoms. The van der Waals surface area contributed by atoms with Gasteiger partial charge in [0.1, 0.15) is 0 Å². The lowest BCUT2D eigenvalue weighted by molar-refractivity contribution is -0.136. The van der Waals surface area contributed by atoms with Crippen molar-refractivity contribution in [2.75, 3.05) is 10.6 Å². The summed E-state index contributed by atoms with van der Waals surface area (Å²) in [6.07, 6.45) is 3.14. The maximum atomic E-state index is 12.8. The SMILES string of the molecule is O=C(O)Cc1ccccc1NC(=O)C1CCC(c2ccc(NC(=O)c3ccc(Cl)c(Cl)c3)cc2)CC1. The minimum absolute atomic E-state index is 0.0633. The Bertz CT molecular complexity index is 1270. The third kappa shape index (κ3) is 6.45. The second kappa shape index (κ2) is 11.6. The molecular weight excluding hydrogens is 499 g/mol. The Morgan fingerprint density at radius 2 is 1.53 bits per heavy atom. The lowest BCUT2D eigenvalue weighted by atomic mass is 9.78. The van der Waals surface area contributed by atoms with Crippen LogP contribution in [0.2, 0.25) is 10.0 Å². The number of rotatable bonds is 7. The van der Waals surface area contributed by atoms with Crippen LogP contribution in [-0.4, -0.2) is 22.9 Å². The quantitative estimate of drug-likeness (QED) is 0.317. The van der Waals surface area contributed by atoms with Crippen LogP contribution in [0.1, 0.15) is 53.1 Å². The van der Waals surface area contributed by atoms with Crippen molar-refractivity contribution in [3.63, 3.8) is 0 Å². The van der Waals surface area contributed by atoms with Gasteiger partial charge in [-0.05, 0) is 79.1 Å². The van der Waals surface area contributed by atoms with E-state index >= 15 is 0 Å². The number of aliphatic carboxylic acids is 1. The van der Waals surface area contributed by atoms with Crippen LogP contribution >= 0.6 is 23.2 Å². The molecule has 0 spiro atoms. The van der Waals surface area contributed by atoms with Gasteiger partial charge >= 0.3 is 5.97 Å². The second-order valence-corrected chi connectivity index (χ2v) is 9.78. The van der Waals surface area contributed by atoms with Crippen LogP contribution < -0.4 is 10.6 Å². The first-order chi connectivity index (χ1) is 17.3. The molecule has 0 aliphatic heterocycles. The lowest BCUT2D eigenvalue weighted by Gasteiger charge is -2.28. The van der Waals surface area contributed by atoms with Crippen molar-refractivity contribution in [1.29, 1.82) is 0 Å². The fourth-order valence-electron chi connectivity index (χ4n) is 4.56. The molecule has 0 saturated heterocycles. The van der Waals surface area contributed by atoms with Gasteiger partial charge in [-0.3, -0.25) is 14.4 Å². The molecule has 0 aromatic heterocycles. The molecule has 3 aromatic carbocycles. The molecule has 1 saturated carbocycles. The number of anilines is 2. The van der Waals surface area contributed by atoms with E-state index in [2.05, 4.69) is 10.6 Å². The fourth-order valence-corrected chi connectivity index (χ4v) is 4.86. The van der Waals surface area contributed by atoms with Crippen molar-refractivity contribution >= 4 is 52.4 Å². The van der Waals surface area contributed by atoms with E-state index in [-0.39, 0.29) is 24.2 Å². The average molecular weight is 525 g/mol. The molecule has 3 N–H and O–H groups in total. The van der Waals surface area contributed by atoms with Crippen molar-refractivity contribution in [2.45, 2.75) is 38.0 Å². The van der Waals surface area contributed by atoms with Gasteiger partial charge in [0.05, 0.1) is 16.5 Å². The number of amides is 2. The molecular formula is C28H26Cl2N2O4. The largest absolute Gasteiger partial charge is 0.481 e. The molecule has 4 rings (SSSR count). The van der Waals surface area contributed by atoms with Crippen molar-refractivity contribution in [3.05, 3.63) is 93.5 Å². The number of para-hydroxylation sites is 1. The summed E-state index contributed by atoms with van der Waals surface area (Å²) in [5.41, 5.74) is 3.44. The molecule has 2 amide bonds. The Hall–Kier alpha value is -3.35. The number of carbonyl (C=O) groups excluding carboxylic acids is 2. The Labute approximate surface area is 219 Å². The third-order valence-electron chi connectivity index (χ3n) is 6.54. The number of carboxylic acids is 1. The zero-order valence-electron chi connectivity index (χ0n) is 19.5. The summed E-state index contributed by atoms with van der Waals surface area (Å²) in [5.74, 6) is -1.03. The summed E-state index contributed by atoms with van der Waals surface area (Å²) in [4.78, 5) is 36.4. The van der Waals surface area contributed by atoms with Crippen LogP contribution in [0.25, 0.3) is 0 Å². The Morgan fingerprint density at radius 3 is 2.19 bits per heavy atom. The van der Waals surface area contributed by atoms with Crippen LogP contribution in [0.5, 0.6) is 0 Å². The zero-order valence-corrected chi connectivity index (χ0v) is 21.0. The molecule has 36 heavy (non-hydrogen) atoms. The third-order valence-corrected chi connectivity index (χ3v) is 7.28. The molecule has 1 aliphatic rings. The number of carbonyl (C=O) groups is 3. The predicted octanol–water partition coefficient (Wildman–Crippen LogP) is 6.79. The number of benzene rings is 3. The van der Waals surface area contributed by atoms with E-state index < -0.39 is 5.97 Å². The van der Waals surface area contributed by atoms with Gasteiger partial charge in [0, 0.05) is 22.9 Å². The standard InChI is InChI=1S/C28H26Cl2N2O4/c29-23-14-11-21(15-24(23)30)28(36)31-22-12-9-18(10-13-22)17-5-7-19(8-6-17)27(35)32-25-4-2-1-3-20(25)16-26(33)34/h1-4,9-15,17,19H,5-8,16H2,(H,31,36)(H,32,35)(H,33,34). The van der Waals surface area contributed by atoms with E-state index in [1.165, 1.54) is 11.6 Å². The molecule has 0 radical (unpaired) electrons. The molecule has 186 valence electrons. The molecule has 0 bridgehead atoms. The Kier molecular flexibility index (Phi) is 8.28. The van der Waals surface area contributed by atoms with Crippen LogP contribution in [0, 0.1) is 5.92 Å². The van der Waals surface area contributed by atoms with E-state index in [1.807, 2.05) is 24.3 Å². The first-order valence-electron chi connectivity index (χ1n) is 11.8. The van der Waals surface area contributed by atoms with Gasteiger partial charge in [0.15, 0.2) is 0 Å². The molecule has 3 aromatic rings. The van der Waals surface area contributed by atoms with Crippen molar-refractivity contribution in [3.8, 4) is 0 Å². The fraction of sp³-hybridized carbons (Fsp3) is 0.250. The molecule has 1 fully saturated rings. The molecule has 0 heterocycles. The Morgan fingerprint density at radius 1 is 0.833 bits per heavy atom. The molecule has 1 aliphatic carbocycles. The number of nitrogens with one attached hydrogen (secondary N) is 2. The average Bonchev–Trinajstić information content (AvgIpc) is 2.87. The first kappa shape index (κ1) is 25.7. The van der Waals surface area contributed by atoms with Gasteiger partial charge in [0.2, 0.25) is 5.91 Å². The highest BCUT2D eigenvalue weighted by Crippen LogP contribution is 2.37. The topological polar surface area (TPSA) is 95.5 Å². The minimum atomic E-state index is -0.933. The van der Waals surface area contributed by atoms with E-state index in [9.17, 15) is 14.4 Å². The highest BCUT2D eigenvalue weighted by molar-refractivity contribution is 6.42. The minimum Gasteiger partial charge on any atom is -0.481 e. The maximum absolute atomic E-state index is 12.8. The zero-order chi connectivity index (χ0) is 25.7. The van der Waals surface area contributed by atoms with E-state index in [4.69, 9.17) is 28.3 Å². The van der Waals surface area contributed by atoms with E-state index in [0.29, 0.717) is 38.5 Å². The predicted molar refractivity (Wildman–Crippen MR) is 142 cm³/mol. The highest BCUT2D eigenvalue weighted by Gasteiger charge is 2.27. The number of hydrogen-bond acceptors (Lipinski definition) is 3. The van der Waals surface area contributed by atoms with Gasteiger partial charge in [-0.1, -0.05) is 53.5 Å². The van der Waals surface area contributed by atoms with Gasteiger partial charge in [0.25, 0.3) is 5.91 Å². The summed E-state index contributed by atoms with van der Waals surface area (Å²) >= 11 is 11.9. The van der Waals surface area contributed by atoms with Crippen LogP contribution in [0.15, 0.2) is 66.7 Å². The summed E-state index contributed by atoms with van der Waals surface area (Å²) in [5, 5.41) is 15.6. The Balaban J connectivity index is 1.31. The van der Waals surface area contributed by atoms with Crippen molar-refractivity contribution in [2.24, 2.45) is 5.92 Å². The second-order valence-electron chi connectivity index (χ2n) is 8.97. The van der Waals surface area contributed by atoms with Crippen molar-refractivity contribution < 1.29 is 19.5 Å². The van der Waals surface area contributed by atoms with Gasteiger partial charge in [-0.2, -0.15) is 0 Å². The smallest absolute Gasteiger partial charge is 0.307 e. The van der Waals surface area contributed by atoms with Gasteiger partial charge in [-0.15, -0.1) is 0 Å².